The molecule has 2 aromatic carbocycles. The molecule has 1 aliphatic rings. The quantitative estimate of drug-likeness (QED) is 0.705. The Morgan fingerprint density at radius 2 is 1.62 bits per heavy atom. The van der Waals surface area contributed by atoms with Crippen molar-refractivity contribution in [2.24, 2.45) is 0 Å². The lowest BCUT2D eigenvalue weighted by molar-refractivity contribution is -0.118. The summed E-state index contributed by atoms with van der Waals surface area (Å²) >= 11 is 0. The van der Waals surface area contributed by atoms with Gasteiger partial charge in [0.25, 0.3) is 5.91 Å². The molecule has 2 aromatic rings. The van der Waals surface area contributed by atoms with Gasteiger partial charge in [0.15, 0.2) is 6.61 Å². The number of nitrogens with zero attached hydrogens (tertiary/aromatic N) is 1. The minimum absolute atomic E-state index is 0.163. The first-order valence-corrected chi connectivity index (χ1v) is 10.6. The van der Waals surface area contributed by atoms with Crippen LogP contribution < -0.4 is 19.5 Å². The second-order valence-corrected chi connectivity index (χ2v) is 8.46. The van der Waals surface area contributed by atoms with Crippen LogP contribution in [0.1, 0.15) is 12.8 Å². The van der Waals surface area contributed by atoms with Crippen LogP contribution in [0.25, 0.3) is 0 Å². The molecule has 1 N–H and O–H groups in total. The third-order valence-electron chi connectivity index (χ3n) is 4.52. The van der Waals surface area contributed by atoms with Crippen molar-refractivity contribution in [3.63, 3.8) is 0 Å². The van der Waals surface area contributed by atoms with Crippen LogP contribution in [-0.4, -0.2) is 52.5 Å². The number of carbonyl (C=O) groups is 1. The largest absolute Gasteiger partial charge is 0.496 e. The zero-order valence-electron chi connectivity index (χ0n) is 16.4. The number of benzene rings is 2. The SMILES string of the molecule is COc1cc(OC)cc(OCC(=O)Nc2cccc(S(=O)(=O)N3CCCC3)c2)c1. The molecule has 1 heterocycles. The molecule has 0 bridgehead atoms. The first kappa shape index (κ1) is 20.9. The molecule has 8 nitrogen and oxygen atoms in total. The standard InChI is InChI=1S/C20H24N2O6S/c1-26-16-11-17(27-2)13-18(12-16)28-14-20(23)21-15-6-5-7-19(10-15)29(24,25)22-8-3-4-9-22/h5-7,10-13H,3-4,8-9,14H2,1-2H3,(H,21,23). The number of carbonyl (C=O) groups excluding carboxylic acids is 1. The van der Waals surface area contributed by atoms with Gasteiger partial charge in [-0.15, -0.1) is 0 Å². The van der Waals surface area contributed by atoms with Gasteiger partial charge in [-0.25, -0.2) is 8.42 Å². The maximum absolute atomic E-state index is 12.7. The van der Waals surface area contributed by atoms with Gasteiger partial charge < -0.3 is 19.5 Å². The molecule has 1 saturated heterocycles. The lowest BCUT2D eigenvalue weighted by Gasteiger charge is -2.16. The van der Waals surface area contributed by atoms with E-state index in [2.05, 4.69) is 5.32 Å². The zero-order valence-corrected chi connectivity index (χ0v) is 17.2. The van der Waals surface area contributed by atoms with Crippen LogP contribution in [0.5, 0.6) is 17.2 Å². The Hall–Kier alpha value is -2.78. The van der Waals surface area contributed by atoms with Crippen LogP contribution in [0.15, 0.2) is 47.4 Å². The van der Waals surface area contributed by atoms with Crippen molar-refractivity contribution >= 4 is 21.6 Å². The van der Waals surface area contributed by atoms with Gasteiger partial charge in [-0.05, 0) is 31.0 Å². The molecule has 156 valence electrons. The summed E-state index contributed by atoms with van der Waals surface area (Å²) < 4.78 is 42.6. The van der Waals surface area contributed by atoms with Crippen LogP contribution in [0.2, 0.25) is 0 Å². The highest BCUT2D eigenvalue weighted by Gasteiger charge is 2.27. The van der Waals surface area contributed by atoms with Gasteiger partial charge in [0.1, 0.15) is 17.2 Å². The summed E-state index contributed by atoms with van der Waals surface area (Å²) in [4.78, 5) is 12.4. The summed E-state index contributed by atoms with van der Waals surface area (Å²) in [6.45, 7) is 0.799. The number of anilines is 1. The van der Waals surface area contributed by atoms with E-state index in [4.69, 9.17) is 14.2 Å². The number of hydrogen-bond acceptors (Lipinski definition) is 6. The number of hydrogen-bond donors (Lipinski definition) is 1. The molecule has 3 rings (SSSR count). The molecule has 0 aromatic heterocycles. The lowest BCUT2D eigenvalue weighted by atomic mass is 10.3. The Kier molecular flexibility index (Phi) is 6.60. The molecule has 1 aliphatic heterocycles. The second kappa shape index (κ2) is 9.15. The number of nitrogens with one attached hydrogen (secondary N) is 1. The van der Waals surface area contributed by atoms with Crippen LogP contribution >= 0.6 is 0 Å². The van der Waals surface area contributed by atoms with Gasteiger partial charge in [0.05, 0.1) is 19.1 Å². The molecule has 0 atom stereocenters. The average molecular weight is 420 g/mol. The third kappa shape index (κ3) is 5.18. The Labute approximate surface area is 170 Å². The van der Waals surface area contributed by atoms with Gasteiger partial charge in [0, 0.05) is 37.0 Å². The minimum Gasteiger partial charge on any atom is -0.496 e. The summed E-state index contributed by atoms with van der Waals surface area (Å²) in [6, 6.07) is 11.2. The number of rotatable bonds is 8. The molecule has 9 heteroatoms. The molecule has 0 saturated carbocycles. The van der Waals surface area contributed by atoms with Crippen molar-refractivity contribution in [1.29, 1.82) is 0 Å². The highest BCUT2D eigenvalue weighted by Crippen LogP contribution is 2.27. The Balaban J connectivity index is 1.64. The highest BCUT2D eigenvalue weighted by atomic mass is 32.2. The van der Waals surface area contributed by atoms with Gasteiger partial charge >= 0.3 is 0 Å². The topological polar surface area (TPSA) is 94.2 Å². The van der Waals surface area contributed by atoms with Gasteiger partial charge in [-0.2, -0.15) is 4.31 Å². The summed E-state index contributed by atoms with van der Waals surface area (Å²) in [5.41, 5.74) is 0.391. The van der Waals surface area contributed by atoms with Gasteiger partial charge in [-0.3, -0.25) is 4.79 Å². The van der Waals surface area contributed by atoms with E-state index in [9.17, 15) is 13.2 Å². The van der Waals surface area contributed by atoms with Crippen molar-refractivity contribution < 1.29 is 27.4 Å². The molecule has 0 unspecified atom stereocenters. The summed E-state index contributed by atoms with van der Waals surface area (Å²) in [5, 5.41) is 2.66. The van der Waals surface area contributed by atoms with Crippen LogP contribution in [0.3, 0.4) is 0 Å². The van der Waals surface area contributed by atoms with E-state index < -0.39 is 15.9 Å². The number of sulfonamides is 1. The van der Waals surface area contributed by atoms with Gasteiger partial charge in [0.2, 0.25) is 10.0 Å². The molecule has 0 aliphatic carbocycles. The third-order valence-corrected chi connectivity index (χ3v) is 6.41. The van der Waals surface area contributed by atoms with E-state index in [1.165, 1.54) is 30.7 Å². The fourth-order valence-corrected chi connectivity index (χ4v) is 4.59. The predicted molar refractivity (Wildman–Crippen MR) is 108 cm³/mol. The maximum atomic E-state index is 12.7. The fourth-order valence-electron chi connectivity index (χ4n) is 3.02. The Morgan fingerprint density at radius 3 is 2.24 bits per heavy atom. The number of ether oxygens (including phenoxy) is 3. The predicted octanol–water partition coefficient (Wildman–Crippen LogP) is 2.51. The Bertz CT molecular complexity index is 948. The molecular formula is C20H24N2O6S. The lowest BCUT2D eigenvalue weighted by Crippen LogP contribution is -2.28. The second-order valence-electron chi connectivity index (χ2n) is 6.52. The molecule has 1 amide bonds. The minimum atomic E-state index is -3.54. The van der Waals surface area contributed by atoms with E-state index in [-0.39, 0.29) is 11.5 Å². The van der Waals surface area contributed by atoms with E-state index in [1.807, 2.05) is 0 Å². The smallest absolute Gasteiger partial charge is 0.262 e. The van der Waals surface area contributed by atoms with Crippen LogP contribution in [0, 0.1) is 0 Å². The summed E-state index contributed by atoms with van der Waals surface area (Å²) in [6.07, 6.45) is 1.73. The van der Waals surface area contributed by atoms with Crippen LogP contribution in [0.4, 0.5) is 5.69 Å². The number of methoxy groups -OCH3 is 2. The number of amides is 1. The highest BCUT2D eigenvalue weighted by molar-refractivity contribution is 7.89. The van der Waals surface area contributed by atoms with E-state index >= 15 is 0 Å². The monoisotopic (exact) mass is 420 g/mol. The first-order chi connectivity index (χ1) is 13.9. The molecular weight excluding hydrogens is 396 g/mol. The van der Waals surface area contributed by atoms with Gasteiger partial charge in [-0.1, -0.05) is 6.07 Å². The molecule has 29 heavy (non-hydrogen) atoms. The average Bonchev–Trinajstić information content (AvgIpc) is 3.28. The Morgan fingerprint density at radius 1 is 1.00 bits per heavy atom. The van der Waals surface area contributed by atoms with E-state index in [0.29, 0.717) is 36.0 Å². The molecule has 0 spiro atoms. The first-order valence-electron chi connectivity index (χ1n) is 9.18. The van der Waals surface area contributed by atoms with E-state index in [1.54, 1.807) is 30.3 Å². The fraction of sp³-hybridized carbons (Fsp3) is 0.350. The van der Waals surface area contributed by atoms with Crippen molar-refractivity contribution in [2.75, 3.05) is 39.2 Å². The van der Waals surface area contributed by atoms with Crippen LogP contribution in [-0.2, 0) is 14.8 Å². The summed E-state index contributed by atoms with van der Waals surface area (Å²) in [5.74, 6) is 1.09. The van der Waals surface area contributed by atoms with E-state index in [0.717, 1.165) is 12.8 Å². The molecule has 0 radical (unpaired) electrons. The molecule has 1 fully saturated rings. The van der Waals surface area contributed by atoms with Crippen molar-refractivity contribution in [1.82, 2.24) is 4.31 Å². The van der Waals surface area contributed by atoms with Crippen molar-refractivity contribution in [3.8, 4) is 17.2 Å². The normalized spacial score (nSPS) is 14.4. The van der Waals surface area contributed by atoms with Crippen molar-refractivity contribution in [2.45, 2.75) is 17.7 Å². The van der Waals surface area contributed by atoms with Crippen molar-refractivity contribution in [3.05, 3.63) is 42.5 Å². The zero-order chi connectivity index (χ0) is 20.9. The summed E-state index contributed by atoms with van der Waals surface area (Å²) in [7, 11) is -0.500. The maximum Gasteiger partial charge on any atom is 0.262 e.